The van der Waals surface area contributed by atoms with Crippen molar-refractivity contribution in [2.75, 3.05) is 6.61 Å². The predicted octanol–water partition coefficient (Wildman–Crippen LogP) is 4.55. The quantitative estimate of drug-likeness (QED) is 0.166. The first-order chi connectivity index (χ1) is 17.1. The number of esters is 2. The van der Waals surface area contributed by atoms with Gasteiger partial charge in [0.2, 0.25) is 0 Å². The second-order valence-electron chi connectivity index (χ2n) is 8.25. The highest BCUT2D eigenvalue weighted by molar-refractivity contribution is 6.16. The van der Waals surface area contributed by atoms with Crippen LogP contribution in [-0.4, -0.2) is 38.2 Å². The van der Waals surface area contributed by atoms with Crippen molar-refractivity contribution in [1.82, 2.24) is 4.57 Å². The summed E-state index contributed by atoms with van der Waals surface area (Å²) in [7, 11) is 0. The lowest BCUT2D eigenvalue weighted by atomic mass is 10.0. The summed E-state index contributed by atoms with van der Waals surface area (Å²) in [4.78, 5) is 34.9. The van der Waals surface area contributed by atoms with E-state index >= 15 is 0 Å². The van der Waals surface area contributed by atoms with Crippen molar-refractivity contribution < 1.29 is 34.2 Å². The van der Waals surface area contributed by atoms with E-state index in [-0.39, 0.29) is 35.9 Å². The number of carbonyl (C=O) groups is 2. The Kier molecular flexibility index (Phi) is 6.63. The number of aromatic hydroxyl groups is 1. The molecule has 4 aromatic rings. The molecule has 186 valence electrons. The minimum atomic E-state index is -1.07. The van der Waals surface area contributed by atoms with Crippen molar-refractivity contribution in [2.45, 2.75) is 33.4 Å². The standard InChI is InChI=1S/C26H24N2O8/c1-4-35-26(32)24-14(2)27(13-23(31)16-5-7-17(8-6-16)28(33)34)25-20-11-18(36-15(3)29)9-10-19(20)22(30)12-21(24)25/h5-12,23,30-31H,4,13H2,1-3H3. The highest BCUT2D eigenvalue weighted by atomic mass is 16.6. The van der Waals surface area contributed by atoms with E-state index in [0.717, 1.165) is 0 Å². The molecular weight excluding hydrogens is 468 g/mol. The highest BCUT2D eigenvalue weighted by Crippen LogP contribution is 2.40. The summed E-state index contributed by atoms with van der Waals surface area (Å²) in [5.74, 6) is -0.928. The number of carbonyl (C=O) groups excluding carboxylic acids is 2. The van der Waals surface area contributed by atoms with Crippen LogP contribution >= 0.6 is 0 Å². The van der Waals surface area contributed by atoms with E-state index in [4.69, 9.17) is 9.47 Å². The molecule has 4 rings (SSSR count). The van der Waals surface area contributed by atoms with E-state index in [0.29, 0.717) is 32.9 Å². The summed E-state index contributed by atoms with van der Waals surface area (Å²) in [6, 6.07) is 11.8. The Balaban J connectivity index is 1.94. The van der Waals surface area contributed by atoms with E-state index in [2.05, 4.69) is 0 Å². The third kappa shape index (κ3) is 4.46. The number of nitrogens with zero attached hydrogens (tertiary/aromatic N) is 2. The second kappa shape index (κ2) is 9.67. The third-order valence-electron chi connectivity index (χ3n) is 5.95. The van der Waals surface area contributed by atoms with Gasteiger partial charge in [0.15, 0.2) is 0 Å². The van der Waals surface area contributed by atoms with Gasteiger partial charge >= 0.3 is 11.9 Å². The van der Waals surface area contributed by atoms with Crippen LogP contribution in [0.3, 0.4) is 0 Å². The lowest BCUT2D eigenvalue weighted by Crippen LogP contribution is -2.12. The summed E-state index contributed by atoms with van der Waals surface area (Å²) >= 11 is 0. The molecule has 0 amide bonds. The van der Waals surface area contributed by atoms with E-state index < -0.39 is 23.0 Å². The largest absolute Gasteiger partial charge is 0.507 e. The fraction of sp³-hybridized carbons (Fsp3) is 0.231. The van der Waals surface area contributed by atoms with Gasteiger partial charge in [0.25, 0.3) is 5.69 Å². The van der Waals surface area contributed by atoms with E-state index in [9.17, 15) is 29.9 Å². The number of nitro groups is 1. The molecule has 1 heterocycles. The maximum absolute atomic E-state index is 12.9. The molecule has 10 nitrogen and oxygen atoms in total. The molecule has 0 bridgehead atoms. The van der Waals surface area contributed by atoms with Crippen molar-refractivity contribution in [3.05, 3.63) is 75.5 Å². The average Bonchev–Trinajstić information content (AvgIpc) is 3.09. The molecule has 0 radical (unpaired) electrons. The zero-order valence-corrected chi connectivity index (χ0v) is 19.8. The second-order valence-corrected chi connectivity index (χ2v) is 8.25. The number of fused-ring (bicyclic) bond motifs is 3. The van der Waals surface area contributed by atoms with Gasteiger partial charge in [0.1, 0.15) is 11.5 Å². The lowest BCUT2D eigenvalue weighted by Gasteiger charge is -2.16. The van der Waals surface area contributed by atoms with Gasteiger partial charge in [-0.3, -0.25) is 14.9 Å². The van der Waals surface area contributed by atoms with Crippen LogP contribution in [0.4, 0.5) is 5.69 Å². The monoisotopic (exact) mass is 492 g/mol. The topological polar surface area (TPSA) is 141 Å². The molecule has 36 heavy (non-hydrogen) atoms. The Labute approximate surface area is 205 Å². The van der Waals surface area contributed by atoms with Crippen LogP contribution in [0.25, 0.3) is 21.7 Å². The summed E-state index contributed by atoms with van der Waals surface area (Å²) in [6.45, 7) is 4.80. The SMILES string of the molecule is CCOC(=O)c1c(C)n(CC(O)c2ccc([N+](=O)[O-])cc2)c2c1cc(O)c1ccc(OC(C)=O)cc12. The Morgan fingerprint density at radius 2 is 1.78 bits per heavy atom. The smallest absolute Gasteiger partial charge is 0.340 e. The predicted molar refractivity (Wildman–Crippen MR) is 131 cm³/mol. The molecule has 0 aliphatic heterocycles. The van der Waals surface area contributed by atoms with Crippen LogP contribution in [0.15, 0.2) is 48.5 Å². The molecule has 1 unspecified atom stereocenters. The first kappa shape index (κ1) is 24.7. The molecule has 0 saturated carbocycles. The average molecular weight is 492 g/mol. The molecule has 1 atom stereocenters. The molecule has 10 heteroatoms. The number of nitro benzene ring substituents is 1. The molecule has 0 fully saturated rings. The van der Waals surface area contributed by atoms with E-state index in [1.807, 2.05) is 0 Å². The lowest BCUT2D eigenvalue weighted by molar-refractivity contribution is -0.384. The minimum Gasteiger partial charge on any atom is -0.507 e. The Bertz CT molecular complexity index is 1500. The van der Waals surface area contributed by atoms with Crippen LogP contribution in [0.5, 0.6) is 11.5 Å². The summed E-state index contributed by atoms with van der Waals surface area (Å²) in [6.07, 6.45) is -1.07. The van der Waals surface area contributed by atoms with Gasteiger partial charge in [0, 0.05) is 40.9 Å². The molecule has 1 aromatic heterocycles. The summed E-state index contributed by atoms with van der Waals surface area (Å²) < 4.78 is 12.2. The number of non-ortho nitro benzene ring substituents is 1. The van der Waals surface area contributed by atoms with E-state index in [1.165, 1.54) is 37.3 Å². The van der Waals surface area contributed by atoms with Crippen LogP contribution in [-0.2, 0) is 16.1 Å². The van der Waals surface area contributed by atoms with Crippen LogP contribution < -0.4 is 4.74 Å². The van der Waals surface area contributed by atoms with Gasteiger partial charge in [-0.1, -0.05) is 0 Å². The number of benzene rings is 3. The fourth-order valence-corrected chi connectivity index (χ4v) is 4.36. The number of phenols is 1. The fourth-order valence-electron chi connectivity index (χ4n) is 4.36. The zero-order chi connectivity index (χ0) is 26.1. The van der Waals surface area contributed by atoms with E-state index in [1.54, 1.807) is 36.6 Å². The molecule has 3 aromatic carbocycles. The maximum Gasteiger partial charge on any atom is 0.340 e. The Morgan fingerprint density at radius 3 is 2.39 bits per heavy atom. The number of hydrogen-bond donors (Lipinski definition) is 2. The number of aliphatic hydroxyl groups is 1. The maximum atomic E-state index is 12.9. The van der Waals surface area contributed by atoms with Gasteiger partial charge in [0.05, 0.1) is 35.3 Å². The molecule has 0 saturated heterocycles. The van der Waals surface area contributed by atoms with Gasteiger partial charge < -0.3 is 24.3 Å². The molecular formula is C26H24N2O8. The number of aromatic nitrogens is 1. The number of aliphatic hydroxyl groups excluding tert-OH is 1. The molecule has 0 aliphatic rings. The number of phenolic OH excluding ortho intramolecular Hbond substituents is 1. The van der Waals surface area contributed by atoms with Crippen LogP contribution in [0.1, 0.15) is 41.6 Å². The minimum absolute atomic E-state index is 0.00276. The highest BCUT2D eigenvalue weighted by Gasteiger charge is 2.26. The first-order valence-corrected chi connectivity index (χ1v) is 11.2. The van der Waals surface area contributed by atoms with Gasteiger partial charge in [-0.2, -0.15) is 0 Å². The van der Waals surface area contributed by atoms with Gasteiger partial charge in [-0.15, -0.1) is 0 Å². The number of rotatable bonds is 7. The Morgan fingerprint density at radius 1 is 1.08 bits per heavy atom. The Hall–Kier alpha value is -4.44. The van der Waals surface area contributed by atoms with Crippen molar-refractivity contribution >= 4 is 39.3 Å². The van der Waals surface area contributed by atoms with Crippen molar-refractivity contribution in [3.8, 4) is 11.5 Å². The normalized spacial score (nSPS) is 12.0. The van der Waals surface area contributed by atoms with Crippen molar-refractivity contribution in [1.29, 1.82) is 0 Å². The molecule has 0 spiro atoms. The van der Waals surface area contributed by atoms with Gasteiger partial charge in [-0.05, 0) is 55.8 Å². The molecule has 0 aliphatic carbocycles. The van der Waals surface area contributed by atoms with Crippen molar-refractivity contribution in [3.63, 3.8) is 0 Å². The summed E-state index contributed by atoms with van der Waals surface area (Å²) in [5, 5.41) is 34.1. The van der Waals surface area contributed by atoms with Crippen LogP contribution in [0.2, 0.25) is 0 Å². The number of hydrogen-bond acceptors (Lipinski definition) is 8. The third-order valence-corrected chi connectivity index (χ3v) is 5.95. The zero-order valence-electron chi connectivity index (χ0n) is 19.8. The van der Waals surface area contributed by atoms with Gasteiger partial charge in [-0.25, -0.2) is 4.79 Å². The summed E-state index contributed by atoms with van der Waals surface area (Å²) in [5.41, 5.74) is 1.60. The molecule has 2 N–H and O–H groups in total. The van der Waals surface area contributed by atoms with Crippen molar-refractivity contribution in [2.24, 2.45) is 0 Å². The first-order valence-electron chi connectivity index (χ1n) is 11.2. The van der Waals surface area contributed by atoms with Crippen LogP contribution in [0, 0.1) is 17.0 Å². The number of ether oxygens (including phenoxy) is 2.